The molecule has 1 fully saturated rings. The molecule has 0 radical (unpaired) electrons. The standard InChI is InChI=1S/C13H21N3O2/c1-10(2)16-6-3-4-12(16)5-7-15-9-11(8-14-15)13(17)18/h8-10,12H,3-7H2,1-2H3,(H,17,18)/t12-/m0/s1. The van der Waals surface area contributed by atoms with E-state index in [4.69, 9.17) is 5.11 Å². The summed E-state index contributed by atoms with van der Waals surface area (Å²) in [5, 5.41) is 12.9. The minimum Gasteiger partial charge on any atom is -0.478 e. The Hall–Kier alpha value is -1.36. The number of likely N-dealkylation sites (tertiary alicyclic amines) is 1. The second-order valence-electron chi connectivity index (χ2n) is 5.21. The second-order valence-corrected chi connectivity index (χ2v) is 5.21. The second kappa shape index (κ2) is 5.52. The molecule has 18 heavy (non-hydrogen) atoms. The molecule has 1 aromatic heterocycles. The van der Waals surface area contributed by atoms with Gasteiger partial charge in [-0.2, -0.15) is 5.10 Å². The van der Waals surface area contributed by atoms with Gasteiger partial charge in [-0.3, -0.25) is 9.58 Å². The Kier molecular flexibility index (Phi) is 4.01. The van der Waals surface area contributed by atoms with Crippen molar-refractivity contribution in [1.29, 1.82) is 0 Å². The van der Waals surface area contributed by atoms with Crippen molar-refractivity contribution in [3.8, 4) is 0 Å². The molecule has 1 saturated heterocycles. The molecule has 1 aliphatic heterocycles. The van der Waals surface area contributed by atoms with Gasteiger partial charge < -0.3 is 5.11 Å². The molecule has 1 atom stereocenters. The van der Waals surface area contributed by atoms with Gasteiger partial charge in [-0.15, -0.1) is 0 Å². The molecule has 0 saturated carbocycles. The minimum absolute atomic E-state index is 0.266. The van der Waals surface area contributed by atoms with Crippen LogP contribution in [0.4, 0.5) is 0 Å². The molecule has 0 spiro atoms. The summed E-state index contributed by atoms with van der Waals surface area (Å²) in [5.41, 5.74) is 0.266. The van der Waals surface area contributed by atoms with Crippen LogP contribution in [0.2, 0.25) is 0 Å². The normalized spacial score (nSPS) is 20.7. The monoisotopic (exact) mass is 251 g/mol. The van der Waals surface area contributed by atoms with Crippen LogP contribution < -0.4 is 0 Å². The molecular weight excluding hydrogens is 230 g/mol. The quantitative estimate of drug-likeness (QED) is 0.867. The summed E-state index contributed by atoms with van der Waals surface area (Å²) in [6.07, 6.45) is 6.57. The summed E-state index contributed by atoms with van der Waals surface area (Å²) < 4.78 is 1.74. The van der Waals surface area contributed by atoms with E-state index >= 15 is 0 Å². The fraction of sp³-hybridized carbons (Fsp3) is 0.692. The van der Waals surface area contributed by atoms with Crippen molar-refractivity contribution in [3.05, 3.63) is 18.0 Å². The SMILES string of the molecule is CC(C)N1CCC[C@H]1CCn1cc(C(=O)O)cn1. The number of hydrogen-bond donors (Lipinski definition) is 1. The van der Waals surface area contributed by atoms with E-state index < -0.39 is 5.97 Å². The third-order valence-electron chi connectivity index (χ3n) is 3.66. The number of aromatic carboxylic acids is 1. The van der Waals surface area contributed by atoms with Crippen LogP contribution in [0, 0.1) is 0 Å². The zero-order valence-electron chi connectivity index (χ0n) is 11.0. The van der Waals surface area contributed by atoms with Crippen molar-refractivity contribution in [3.63, 3.8) is 0 Å². The number of nitrogens with zero attached hydrogens (tertiary/aromatic N) is 3. The molecule has 1 aromatic rings. The Morgan fingerprint density at radius 2 is 2.39 bits per heavy atom. The van der Waals surface area contributed by atoms with E-state index in [1.165, 1.54) is 25.6 Å². The third-order valence-corrected chi connectivity index (χ3v) is 3.66. The van der Waals surface area contributed by atoms with Crippen LogP contribution in [-0.4, -0.2) is 44.4 Å². The maximum absolute atomic E-state index is 10.8. The Morgan fingerprint density at radius 1 is 1.61 bits per heavy atom. The van der Waals surface area contributed by atoms with E-state index in [0.29, 0.717) is 12.1 Å². The van der Waals surface area contributed by atoms with Gasteiger partial charge in [0.05, 0.1) is 11.8 Å². The average molecular weight is 251 g/mol. The summed E-state index contributed by atoms with van der Waals surface area (Å²) in [5.74, 6) is -0.911. The van der Waals surface area contributed by atoms with Crippen LogP contribution in [-0.2, 0) is 6.54 Å². The molecule has 1 aliphatic rings. The summed E-state index contributed by atoms with van der Waals surface area (Å²) in [6, 6.07) is 1.20. The van der Waals surface area contributed by atoms with Crippen molar-refractivity contribution in [1.82, 2.24) is 14.7 Å². The number of aryl methyl sites for hydroxylation is 1. The highest BCUT2D eigenvalue weighted by Crippen LogP contribution is 2.22. The molecule has 0 bridgehead atoms. The fourth-order valence-electron chi connectivity index (χ4n) is 2.73. The topological polar surface area (TPSA) is 58.4 Å². The van der Waals surface area contributed by atoms with Crippen LogP contribution in [0.15, 0.2) is 12.4 Å². The first-order valence-electron chi connectivity index (χ1n) is 6.59. The number of carbonyl (C=O) groups is 1. The van der Waals surface area contributed by atoms with Crippen molar-refractivity contribution in [2.24, 2.45) is 0 Å². The van der Waals surface area contributed by atoms with Crippen molar-refractivity contribution in [2.45, 2.75) is 51.7 Å². The molecule has 100 valence electrons. The molecule has 2 heterocycles. The van der Waals surface area contributed by atoms with Crippen molar-refractivity contribution in [2.75, 3.05) is 6.54 Å². The number of carboxylic acid groups (broad SMARTS) is 1. The number of carboxylic acids is 1. The van der Waals surface area contributed by atoms with Gasteiger partial charge in [-0.1, -0.05) is 0 Å². The maximum atomic E-state index is 10.8. The van der Waals surface area contributed by atoms with Gasteiger partial charge in [0.25, 0.3) is 0 Å². The first-order valence-corrected chi connectivity index (χ1v) is 6.59. The van der Waals surface area contributed by atoms with Gasteiger partial charge in [0.1, 0.15) is 0 Å². The largest absolute Gasteiger partial charge is 0.478 e. The van der Waals surface area contributed by atoms with E-state index in [9.17, 15) is 4.79 Å². The molecule has 5 nitrogen and oxygen atoms in total. The highest BCUT2D eigenvalue weighted by atomic mass is 16.4. The van der Waals surface area contributed by atoms with Gasteiger partial charge in [0.2, 0.25) is 0 Å². The lowest BCUT2D eigenvalue weighted by atomic mass is 10.1. The highest BCUT2D eigenvalue weighted by molar-refractivity contribution is 5.86. The predicted molar refractivity (Wildman–Crippen MR) is 68.7 cm³/mol. The predicted octanol–water partition coefficient (Wildman–Crippen LogP) is 1.84. The van der Waals surface area contributed by atoms with Gasteiger partial charge in [0, 0.05) is 24.8 Å². The number of aromatic nitrogens is 2. The lowest BCUT2D eigenvalue weighted by molar-refractivity contribution is 0.0697. The average Bonchev–Trinajstić information content (AvgIpc) is 2.95. The Labute approximate surface area is 107 Å². The smallest absolute Gasteiger partial charge is 0.338 e. The van der Waals surface area contributed by atoms with E-state index in [1.807, 2.05) is 0 Å². The lowest BCUT2D eigenvalue weighted by Gasteiger charge is -2.28. The van der Waals surface area contributed by atoms with Gasteiger partial charge in [-0.05, 0) is 39.7 Å². The van der Waals surface area contributed by atoms with Gasteiger partial charge in [0.15, 0.2) is 0 Å². The highest BCUT2D eigenvalue weighted by Gasteiger charge is 2.26. The van der Waals surface area contributed by atoms with E-state index in [1.54, 1.807) is 10.9 Å². The van der Waals surface area contributed by atoms with Gasteiger partial charge in [-0.25, -0.2) is 4.79 Å². The molecule has 0 aliphatic carbocycles. The first-order chi connectivity index (χ1) is 8.58. The summed E-state index contributed by atoms with van der Waals surface area (Å²) >= 11 is 0. The third kappa shape index (κ3) is 2.90. The Morgan fingerprint density at radius 3 is 3.00 bits per heavy atom. The summed E-state index contributed by atoms with van der Waals surface area (Å²) in [7, 11) is 0. The molecule has 2 rings (SSSR count). The van der Waals surface area contributed by atoms with Crippen LogP contribution in [0.1, 0.15) is 43.5 Å². The Bertz CT molecular complexity index is 414. The summed E-state index contributed by atoms with van der Waals surface area (Å²) in [4.78, 5) is 13.3. The zero-order chi connectivity index (χ0) is 13.1. The van der Waals surface area contributed by atoms with Crippen LogP contribution >= 0.6 is 0 Å². The molecular formula is C13H21N3O2. The number of rotatable bonds is 5. The molecule has 1 N–H and O–H groups in total. The molecule has 0 unspecified atom stereocenters. The van der Waals surface area contributed by atoms with Crippen LogP contribution in [0.3, 0.4) is 0 Å². The lowest BCUT2D eigenvalue weighted by Crippen LogP contribution is -2.36. The first kappa shape index (κ1) is 13.1. The fourth-order valence-corrected chi connectivity index (χ4v) is 2.73. The van der Waals surface area contributed by atoms with E-state index in [2.05, 4.69) is 23.8 Å². The molecule has 0 amide bonds. The summed E-state index contributed by atoms with van der Waals surface area (Å²) in [6.45, 7) is 6.44. The van der Waals surface area contributed by atoms with Gasteiger partial charge >= 0.3 is 5.97 Å². The maximum Gasteiger partial charge on any atom is 0.338 e. The zero-order valence-corrected chi connectivity index (χ0v) is 11.0. The van der Waals surface area contributed by atoms with E-state index in [0.717, 1.165) is 13.0 Å². The van der Waals surface area contributed by atoms with Crippen molar-refractivity contribution < 1.29 is 9.90 Å². The van der Waals surface area contributed by atoms with Crippen molar-refractivity contribution >= 4 is 5.97 Å². The Balaban J connectivity index is 1.88. The van der Waals surface area contributed by atoms with E-state index in [-0.39, 0.29) is 5.56 Å². The van der Waals surface area contributed by atoms with Crippen LogP contribution in [0.25, 0.3) is 0 Å². The minimum atomic E-state index is -0.911. The molecule has 5 heteroatoms. The van der Waals surface area contributed by atoms with Crippen LogP contribution in [0.5, 0.6) is 0 Å². The molecule has 0 aromatic carbocycles. The number of hydrogen-bond acceptors (Lipinski definition) is 3.